The van der Waals surface area contributed by atoms with Crippen LogP contribution in [-0.4, -0.2) is 59.3 Å². The Balaban J connectivity index is -0.00000000889. The minimum atomic E-state index is 0. The average molecular weight is 233 g/mol. The third-order valence-corrected chi connectivity index (χ3v) is 0. The standard InChI is InChI=1S/Ba.2HNO2.2H/c;2*2-1-3;;/h;2*(H,2,3);;/q+2;;;2*-1. The monoisotopic (exact) mass is 234 g/mol. The van der Waals surface area contributed by atoms with E-state index >= 15 is 0 Å². The zero-order chi connectivity index (χ0) is 5.41. The molecule has 7 heteroatoms. The van der Waals surface area contributed by atoms with E-state index in [0.29, 0.717) is 0 Å². The molecule has 0 saturated heterocycles. The largest absolute Gasteiger partial charge is 2.00 e. The molecule has 2 N–H and O–H groups in total. The Labute approximate surface area is 81.8 Å². The van der Waals surface area contributed by atoms with Crippen molar-refractivity contribution in [1.82, 2.24) is 0 Å². The average Bonchev–Trinajstić information content (AvgIpc) is 1.39. The van der Waals surface area contributed by atoms with Gasteiger partial charge in [0.1, 0.15) is 0 Å². The molecule has 7 heavy (non-hydrogen) atoms. The van der Waals surface area contributed by atoms with Crippen molar-refractivity contribution in [3.05, 3.63) is 9.81 Å². The maximum atomic E-state index is 8.11. The second-order valence-electron chi connectivity index (χ2n) is 0.163. The molecule has 6 nitrogen and oxygen atoms in total. The number of nitrogens with zero attached hydrogens (tertiary/aromatic N) is 2. The molecule has 0 saturated carbocycles. The van der Waals surface area contributed by atoms with Crippen LogP contribution in [0.5, 0.6) is 0 Å². The summed E-state index contributed by atoms with van der Waals surface area (Å²) in [6.07, 6.45) is 0. The second kappa shape index (κ2) is 32.7. The molecule has 0 aromatic carbocycles. The van der Waals surface area contributed by atoms with Crippen molar-refractivity contribution in [1.29, 1.82) is 0 Å². The van der Waals surface area contributed by atoms with Crippen molar-refractivity contribution in [3.8, 4) is 0 Å². The Kier molecular flexibility index (Phi) is 73.1. The third kappa shape index (κ3) is 883. The van der Waals surface area contributed by atoms with Gasteiger partial charge in [0.15, 0.2) is 10.7 Å². The topological polar surface area (TPSA) is 99.3 Å². The molecule has 0 amide bonds. The Morgan fingerprint density at radius 2 is 1.14 bits per heavy atom. The van der Waals surface area contributed by atoms with Crippen molar-refractivity contribution in [2.24, 2.45) is 10.7 Å². The van der Waals surface area contributed by atoms with Crippen molar-refractivity contribution >= 4 is 48.9 Å². The molecule has 0 aliphatic rings. The van der Waals surface area contributed by atoms with Crippen LogP contribution in [0.15, 0.2) is 10.7 Å². The SMILES string of the molecule is O=NO.O=NO.[Ba+2].[H-].[H-]. The summed E-state index contributed by atoms with van der Waals surface area (Å²) in [5, 5.41) is 15.8. The molecule has 0 aromatic rings. The first-order valence-electron chi connectivity index (χ1n) is 0.765. The van der Waals surface area contributed by atoms with Crippen LogP contribution < -0.4 is 0 Å². The summed E-state index contributed by atoms with van der Waals surface area (Å²) >= 11 is 0. The van der Waals surface area contributed by atoms with Crippen LogP contribution in [-0.2, 0) is 0 Å². The van der Waals surface area contributed by atoms with Crippen LogP contribution in [0.1, 0.15) is 2.85 Å². The third-order valence-electron chi connectivity index (χ3n) is 0. The fraction of sp³-hybridized carbons (Fsp3) is 0. The van der Waals surface area contributed by atoms with Gasteiger partial charge in [-0.1, -0.05) is 0 Å². The predicted octanol–water partition coefficient (Wildman–Crippen LogP) is 0.128. The first-order valence-corrected chi connectivity index (χ1v) is 0.765. The van der Waals surface area contributed by atoms with Gasteiger partial charge in [0.2, 0.25) is 0 Å². The van der Waals surface area contributed by atoms with E-state index in [4.69, 9.17) is 20.2 Å². The number of hydrogen-bond donors (Lipinski definition) is 2. The fourth-order valence-corrected chi connectivity index (χ4v) is 0. The van der Waals surface area contributed by atoms with Crippen LogP contribution in [0.2, 0.25) is 0 Å². The van der Waals surface area contributed by atoms with E-state index in [0.717, 1.165) is 0 Å². The predicted molar refractivity (Wildman–Crippen MR) is 23.1 cm³/mol. The molecule has 0 fully saturated rings. The quantitative estimate of drug-likeness (QED) is 0.353. The molecule has 0 spiro atoms. The summed E-state index contributed by atoms with van der Waals surface area (Å²) in [4.78, 5) is 16.2. The zero-order valence-corrected chi connectivity index (χ0v) is 7.75. The van der Waals surface area contributed by atoms with Gasteiger partial charge in [0, 0.05) is 0 Å². The molecular weight excluding hydrogens is 229 g/mol. The molecule has 0 aliphatic heterocycles. The van der Waals surface area contributed by atoms with Gasteiger partial charge < -0.3 is 13.3 Å². The Morgan fingerprint density at radius 1 is 1.14 bits per heavy atom. The van der Waals surface area contributed by atoms with E-state index in [-0.39, 0.29) is 51.7 Å². The van der Waals surface area contributed by atoms with Gasteiger partial charge in [0.25, 0.3) is 0 Å². The minimum Gasteiger partial charge on any atom is -1.00 e. The summed E-state index contributed by atoms with van der Waals surface area (Å²) in [5.41, 5.74) is 0. The molecule has 0 aromatic heterocycles. The zero-order valence-electron chi connectivity index (χ0n) is 5.31. The molecule has 0 rings (SSSR count). The van der Waals surface area contributed by atoms with Crippen molar-refractivity contribution < 1.29 is 13.3 Å². The van der Waals surface area contributed by atoms with E-state index < -0.39 is 0 Å². The van der Waals surface area contributed by atoms with Gasteiger partial charge in [-0.05, 0) is 0 Å². The molecule has 0 radical (unpaired) electrons. The van der Waals surface area contributed by atoms with E-state index in [2.05, 4.69) is 0 Å². The van der Waals surface area contributed by atoms with Crippen LogP contribution in [0.3, 0.4) is 0 Å². The van der Waals surface area contributed by atoms with E-state index in [1.165, 1.54) is 10.7 Å². The molecule has 0 aliphatic carbocycles. The van der Waals surface area contributed by atoms with Crippen LogP contribution >= 0.6 is 0 Å². The number of hydrogen-bond acceptors (Lipinski definition) is 4. The van der Waals surface area contributed by atoms with Gasteiger partial charge in [-0.25, -0.2) is 0 Å². The van der Waals surface area contributed by atoms with Gasteiger partial charge in [-0.15, -0.1) is 9.81 Å². The summed E-state index contributed by atoms with van der Waals surface area (Å²) < 4.78 is 0. The second-order valence-corrected chi connectivity index (χ2v) is 0.163. The van der Waals surface area contributed by atoms with Gasteiger partial charge >= 0.3 is 48.9 Å². The Hall–Kier alpha value is 0.371. The maximum absolute atomic E-state index is 8.11. The smallest absolute Gasteiger partial charge is 1.00 e. The summed E-state index contributed by atoms with van der Waals surface area (Å²) in [7, 11) is 0. The first-order chi connectivity index (χ1) is 2.83. The first kappa shape index (κ1) is 15.7. The molecule has 0 unspecified atom stereocenters. The van der Waals surface area contributed by atoms with Crippen LogP contribution in [0, 0.1) is 9.81 Å². The summed E-state index contributed by atoms with van der Waals surface area (Å²) in [6, 6.07) is 0. The Morgan fingerprint density at radius 3 is 1.14 bits per heavy atom. The molecule has 0 bridgehead atoms. The molecule has 0 atom stereocenters. The number of rotatable bonds is 0. The van der Waals surface area contributed by atoms with E-state index in [9.17, 15) is 0 Å². The molecule has 0 heterocycles. The van der Waals surface area contributed by atoms with Crippen LogP contribution in [0.25, 0.3) is 0 Å². The molecular formula is H4BaN2O4. The minimum absolute atomic E-state index is 0. The van der Waals surface area contributed by atoms with E-state index in [1.807, 2.05) is 0 Å². The van der Waals surface area contributed by atoms with Crippen molar-refractivity contribution in [2.45, 2.75) is 0 Å². The van der Waals surface area contributed by atoms with Gasteiger partial charge in [0.05, 0.1) is 0 Å². The maximum Gasteiger partial charge on any atom is 2.00 e. The summed E-state index contributed by atoms with van der Waals surface area (Å²) in [6.45, 7) is 0. The molecule has 40 valence electrons. The van der Waals surface area contributed by atoms with Crippen molar-refractivity contribution in [2.75, 3.05) is 0 Å². The van der Waals surface area contributed by atoms with Crippen molar-refractivity contribution in [3.63, 3.8) is 0 Å². The van der Waals surface area contributed by atoms with Crippen LogP contribution in [0.4, 0.5) is 0 Å². The van der Waals surface area contributed by atoms with Gasteiger partial charge in [-0.2, -0.15) is 0 Å². The summed E-state index contributed by atoms with van der Waals surface area (Å²) in [5.74, 6) is 0. The Bertz CT molecular complexity index is 37.5. The normalized spacial score (nSPS) is 3.43. The van der Waals surface area contributed by atoms with Gasteiger partial charge in [-0.3, -0.25) is 0 Å². The fourth-order valence-electron chi connectivity index (χ4n) is 0. The van der Waals surface area contributed by atoms with E-state index in [1.54, 1.807) is 0 Å².